The molecular weight excluding hydrogens is 576 g/mol. The molecule has 0 bridgehead atoms. The van der Waals surface area contributed by atoms with Crippen molar-refractivity contribution in [1.29, 1.82) is 0 Å². The van der Waals surface area contributed by atoms with Crippen molar-refractivity contribution >= 4 is 44.4 Å². The van der Waals surface area contributed by atoms with Crippen LogP contribution >= 0.6 is 0 Å². The third-order valence-corrected chi connectivity index (χ3v) is 9.58. The molecule has 4 heteroatoms. The summed E-state index contributed by atoms with van der Waals surface area (Å²) in [5.41, 5.74) is 13.2. The van der Waals surface area contributed by atoms with Gasteiger partial charge in [0.2, 0.25) is 0 Å². The van der Waals surface area contributed by atoms with Crippen LogP contribution in [-0.4, -0.2) is 9.13 Å². The molecule has 10 rings (SSSR count). The van der Waals surface area contributed by atoms with Crippen LogP contribution in [-0.2, 0) is 5.66 Å². The molecular formula is C43H28N2O2. The summed E-state index contributed by atoms with van der Waals surface area (Å²) in [6.45, 7) is 0. The first-order valence-electron chi connectivity index (χ1n) is 15.9. The van der Waals surface area contributed by atoms with E-state index in [9.17, 15) is 0 Å². The molecule has 0 atom stereocenters. The van der Waals surface area contributed by atoms with Gasteiger partial charge in [0.15, 0.2) is 28.0 Å². The summed E-state index contributed by atoms with van der Waals surface area (Å²) < 4.78 is 18.6. The third-order valence-electron chi connectivity index (χ3n) is 9.58. The lowest BCUT2D eigenvalue weighted by Crippen LogP contribution is -2.41. The molecule has 4 nitrogen and oxygen atoms in total. The standard InChI is InChI=1S/C43H28N2O2/c1-5-13-29(14-6-1)31-21-23-35-39(27-31)46-37-25-26-38-42-41(37)44(35)43(33-17-9-3-10-18-33,34-19-11-4-12-20-34)45(42)36-24-22-32(28-40(36)47-38)30-15-7-2-8-16-30/h1-28H. The van der Waals surface area contributed by atoms with E-state index in [1.165, 1.54) is 0 Å². The summed E-state index contributed by atoms with van der Waals surface area (Å²) in [6, 6.07) is 59.8. The smallest absolute Gasteiger partial charge is 0.175 e. The van der Waals surface area contributed by atoms with E-state index in [2.05, 4.69) is 167 Å². The molecule has 1 aliphatic rings. The van der Waals surface area contributed by atoms with Gasteiger partial charge < -0.3 is 18.0 Å². The predicted molar refractivity (Wildman–Crippen MR) is 190 cm³/mol. The van der Waals surface area contributed by atoms with E-state index in [4.69, 9.17) is 8.83 Å². The number of rotatable bonds is 4. The maximum absolute atomic E-state index is 6.81. The van der Waals surface area contributed by atoms with E-state index in [1.807, 2.05) is 12.1 Å². The molecule has 47 heavy (non-hydrogen) atoms. The van der Waals surface area contributed by atoms with Gasteiger partial charge in [-0.2, -0.15) is 0 Å². The minimum atomic E-state index is -0.796. The number of hydrogen-bond acceptors (Lipinski definition) is 2. The van der Waals surface area contributed by atoms with Crippen LogP contribution in [0.4, 0.5) is 0 Å². The lowest BCUT2D eigenvalue weighted by Gasteiger charge is -2.38. The van der Waals surface area contributed by atoms with Crippen LogP contribution in [0.3, 0.4) is 0 Å². The van der Waals surface area contributed by atoms with E-state index in [0.717, 1.165) is 77.8 Å². The predicted octanol–water partition coefficient (Wildman–Crippen LogP) is 11.2. The number of fused-ring (bicyclic) bond motifs is 4. The molecule has 3 heterocycles. The zero-order valence-electron chi connectivity index (χ0n) is 25.4. The van der Waals surface area contributed by atoms with Gasteiger partial charge in [-0.05, 0) is 58.7 Å². The molecule has 0 aliphatic carbocycles. The number of benzene rings is 7. The Balaban J connectivity index is 1.40. The number of aromatic nitrogens is 2. The molecule has 0 N–H and O–H groups in total. The summed E-state index contributed by atoms with van der Waals surface area (Å²) in [5, 5.41) is 0. The maximum Gasteiger partial charge on any atom is 0.175 e. The van der Waals surface area contributed by atoms with Crippen molar-refractivity contribution in [2.24, 2.45) is 0 Å². The molecule has 1 aliphatic heterocycles. The van der Waals surface area contributed by atoms with Crippen molar-refractivity contribution in [3.63, 3.8) is 0 Å². The highest BCUT2D eigenvalue weighted by Crippen LogP contribution is 2.51. The number of nitrogens with zero attached hydrogens (tertiary/aromatic N) is 2. The van der Waals surface area contributed by atoms with Crippen LogP contribution < -0.4 is 0 Å². The van der Waals surface area contributed by atoms with Gasteiger partial charge in [-0.1, -0.05) is 133 Å². The van der Waals surface area contributed by atoms with Crippen LogP contribution in [0.2, 0.25) is 0 Å². The summed E-state index contributed by atoms with van der Waals surface area (Å²) in [5.74, 6) is 0. The Morgan fingerprint density at radius 2 is 0.723 bits per heavy atom. The summed E-state index contributed by atoms with van der Waals surface area (Å²) in [4.78, 5) is 0. The van der Waals surface area contributed by atoms with Gasteiger partial charge in [0, 0.05) is 11.1 Å². The molecule has 0 saturated heterocycles. The van der Waals surface area contributed by atoms with Crippen LogP contribution in [0, 0.1) is 0 Å². The topological polar surface area (TPSA) is 36.1 Å². The zero-order chi connectivity index (χ0) is 31.0. The highest BCUT2D eigenvalue weighted by molar-refractivity contribution is 6.07. The van der Waals surface area contributed by atoms with E-state index < -0.39 is 5.66 Å². The highest BCUT2D eigenvalue weighted by Gasteiger charge is 2.46. The second kappa shape index (κ2) is 9.87. The monoisotopic (exact) mass is 604 g/mol. The van der Waals surface area contributed by atoms with Gasteiger partial charge in [0.25, 0.3) is 0 Å². The normalized spacial score (nSPS) is 13.3. The van der Waals surface area contributed by atoms with Gasteiger partial charge in [0.1, 0.15) is 11.0 Å². The number of hydrogen-bond donors (Lipinski definition) is 0. The second-order valence-electron chi connectivity index (χ2n) is 12.1. The van der Waals surface area contributed by atoms with Crippen molar-refractivity contribution < 1.29 is 8.83 Å². The van der Waals surface area contributed by atoms with Crippen molar-refractivity contribution in [3.05, 3.63) is 181 Å². The van der Waals surface area contributed by atoms with Crippen LogP contribution in [0.1, 0.15) is 11.1 Å². The van der Waals surface area contributed by atoms with Crippen molar-refractivity contribution in [2.75, 3.05) is 0 Å². The highest BCUT2D eigenvalue weighted by atomic mass is 16.3. The van der Waals surface area contributed by atoms with Crippen LogP contribution in [0.25, 0.3) is 66.7 Å². The quantitative estimate of drug-likeness (QED) is 0.148. The zero-order valence-corrected chi connectivity index (χ0v) is 25.4. The second-order valence-corrected chi connectivity index (χ2v) is 12.1. The first-order chi connectivity index (χ1) is 23.3. The molecule has 0 unspecified atom stereocenters. The molecule has 222 valence electrons. The summed E-state index contributed by atoms with van der Waals surface area (Å²) in [7, 11) is 0. The van der Waals surface area contributed by atoms with Gasteiger partial charge >= 0.3 is 0 Å². The van der Waals surface area contributed by atoms with Gasteiger partial charge in [-0.25, -0.2) is 0 Å². The first-order valence-corrected chi connectivity index (χ1v) is 15.9. The van der Waals surface area contributed by atoms with Crippen molar-refractivity contribution in [3.8, 4) is 22.3 Å². The fraction of sp³-hybridized carbons (Fsp3) is 0.0233. The third kappa shape index (κ3) is 3.64. The molecule has 0 amide bonds. The molecule has 0 spiro atoms. The lowest BCUT2D eigenvalue weighted by molar-refractivity contribution is 0.414. The van der Waals surface area contributed by atoms with Gasteiger partial charge in [-0.3, -0.25) is 0 Å². The fourth-order valence-electron chi connectivity index (χ4n) is 7.60. The minimum absolute atomic E-state index is 0.796. The largest absolute Gasteiger partial charge is 0.453 e. The Morgan fingerprint density at radius 3 is 1.13 bits per heavy atom. The Hall–Kier alpha value is -6.26. The SMILES string of the molecule is c1ccc(-c2ccc3c(c2)oc2ccc4oc5cc(-c6ccccc6)ccc5n5c4c2n3C5(c2ccccc2)c2ccccc2)cc1. The Kier molecular flexibility index (Phi) is 5.46. The molecule has 9 aromatic rings. The average molecular weight is 605 g/mol. The molecule has 0 saturated carbocycles. The molecule has 0 fully saturated rings. The van der Waals surface area contributed by atoms with Crippen molar-refractivity contribution in [2.45, 2.75) is 5.66 Å². The van der Waals surface area contributed by atoms with E-state index in [0.29, 0.717) is 0 Å². The summed E-state index contributed by atoms with van der Waals surface area (Å²) in [6.07, 6.45) is 0. The fourth-order valence-corrected chi connectivity index (χ4v) is 7.60. The van der Waals surface area contributed by atoms with Crippen molar-refractivity contribution in [1.82, 2.24) is 9.13 Å². The van der Waals surface area contributed by atoms with E-state index in [-0.39, 0.29) is 0 Å². The van der Waals surface area contributed by atoms with Gasteiger partial charge in [0.05, 0.1) is 11.0 Å². The Morgan fingerprint density at radius 1 is 0.340 bits per heavy atom. The minimum Gasteiger partial charge on any atom is -0.453 e. The van der Waals surface area contributed by atoms with E-state index in [1.54, 1.807) is 0 Å². The molecule has 7 aromatic carbocycles. The van der Waals surface area contributed by atoms with Gasteiger partial charge in [-0.15, -0.1) is 0 Å². The molecule has 2 aromatic heterocycles. The molecule has 0 radical (unpaired) electrons. The Labute approximate surface area is 270 Å². The summed E-state index contributed by atoms with van der Waals surface area (Å²) >= 11 is 0. The van der Waals surface area contributed by atoms with Crippen LogP contribution in [0.5, 0.6) is 0 Å². The van der Waals surface area contributed by atoms with Crippen LogP contribution in [0.15, 0.2) is 179 Å². The lowest BCUT2D eigenvalue weighted by atomic mass is 9.89. The average Bonchev–Trinajstić information content (AvgIpc) is 3.48. The first kappa shape index (κ1) is 26.0. The van der Waals surface area contributed by atoms with E-state index >= 15 is 0 Å². The maximum atomic E-state index is 6.81. The Bertz CT molecular complexity index is 2470.